The van der Waals surface area contributed by atoms with Crippen LogP contribution in [0.3, 0.4) is 0 Å². The monoisotopic (exact) mass is 338 g/mol. The SMILES string of the molecule is NC(=NCc1ccc(F)cc1)NN=Cc1c(Cl)cccc1Cl. The quantitative estimate of drug-likeness (QED) is 0.508. The highest BCUT2D eigenvalue weighted by molar-refractivity contribution is 6.38. The van der Waals surface area contributed by atoms with E-state index in [1.807, 2.05) is 0 Å². The fraction of sp³-hybridized carbons (Fsp3) is 0.0667. The Bertz CT molecular complexity index is 679. The predicted molar refractivity (Wildman–Crippen MR) is 88.9 cm³/mol. The van der Waals surface area contributed by atoms with Gasteiger partial charge in [0.05, 0.1) is 22.8 Å². The molecule has 22 heavy (non-hydrogen) atoms. The Morgan fingerprint density at radius 3 is 2.41 bits per heavy atom. The van der Waals surface area contributed by atoms with Crippen LogP contribution in [-0.4, -0.2) is 12.2 Å². The Kier molecular flexibility index (Phi) is 5.75. The molecule has 2 aromatic carbocycles. The van der Waals surface area contributed by atoms with Crippen molar-refractivity contribution in [2.75, 3.05) is 0 Å². The van der Waals surface area contributed by atoms with Gasteiger partial charge in [-0.1, -0.05) is 41.4 Å². The molecule has 0 unspecified atom stereocenters. The molecule has 0 radical (unpaired) electrons. The van der Waals surface area contributed by atoms with Crippen molar-refractivity contribution < 1.29 is 4.39 Å². The normalized spacial score (nSPS) is 11.9. The lowest BCUT2D eigenvalue weighted by Crippen LogP contribution is -2.27. The van der Waals surface area contributed by atoms with Crippen LogP contribution >= 0.6 is 23.2 Å². The van der Waals surface area contributed by atoms with Gasteiger partial charge in [-0.2, -0.15) is 5.10 Å². The molecule has 0 amide bonds. The Balaban J connectivity index is 1.94. The number of hydrogen-bond acceptors (Lipinski definition) is 2. The number of nitrogens with two attached hydrogens (primary N) is 1. The molecule has 0 aliphatic carbocycles. The maximum Gasteiger partial charge on any atom is 0.209 e. The number of hydrazone groups is 1. The number of guanidine groups is 1. The van der Waals surface area contributed by atoms with E-state index < -0.39 is 0 Å². The van der Waals surface area contributed by atoms with E-state index in [4.69, 9.17) is 28.9 Å². The molecule has 114 valence electrons. The van der Waals surface area contributed by atoms with E-state index in [0.29, 0.717) is 22.2 Å². The average molecular weight is 339 g/mol. The van der Waals surface area contributed by atoms with Crippen molar-refractivity contribution in [1.82, 2.24) is 5.43 Å². The summed E-state index contributed by atoms with van der Waals surface area (Å²) in [6, 6.07) is 11.2. The highest BCUT2D eigenvalue weighted by Crippen LogP contribution is 2.21. The first kappa shape index (κ1) is 16.3. The molecule has 0 spiro atoms. The van der Waals surface area contributed by atoms with Crippen molar-refractivity contribution >= 4 is 35.4 Å². The van der Waals surface area contributed by atoms with Crippen LogP contribution in [0.1, 0.15) is 11.1 Å². The molecular formula is C15H13Cl2FN4. The molecule has 0 aliphatic rings. The zero-order valence-corrected chi connectivity index (χ0v) is 12.9. The molecule has 0 bridgehead atoms. The Morgan fingerprint density at radius 2 is 1.77 bits per heavy atom. The van der Waals surface area contributed by atoms with Gasteiger partial charge in [-0.25, -0.2) is 14.8 Å². The van der Waals surface area contributed by atoms with E-state index >= 15 is 0 Å². The number of nitrogens with one attached hydrogen (secondary N) is 1. The maximum atomic E-state index is 12.8. The summed E-state index contributed by atoms with van der Waals surface area (Å²) in [5, 5.41) is 4.90. The fourth-order valence-electron chi connectivity index (χ4n) is 1.60. The summed E-state index contributed by atoms with van der Waals surface area (Å²) in [5.41, 5.74) is 9.67. The number of nitrogens with zero attached hydrogens (tertiary/aromatic N) is 2. The summed E-state index contributed by atoms with van der Waals surface area (Å²) in [6.45, 7) is 0.321. The van der Waals surface area contributed by atoms with E-state index in [2.05, 4.69) is 15.5 Å². The first-order chi connectivity index (χ1) is 10.6. The molecule has 7 heteroatoms. The Hall–Kier alpha value is -2.11. The van der Waals surface area contributed by atoms with Gasteiger partial charge >= 0.3 is 0 Å². The van der Waals surface area contributed by atoms with Gasteiger partial charge in [0.15, 0.2) is 0 Å². The van der Waals surface area contributed by atoms with Crippen LogP contribution in [0.15, 0.2) is 52.6 Å². The number of halogens is 3. The van der Waals surface area contributed by atoms with Gasteiger partial charge in [-0.15, -0.1) is 0 Å². The van der Waals surface area contributed by atoms with Crippen molar-refractivity contribution in [3.63, 3.8) is 0 Å². The first-order valence-electron chi connectivity index (χ1n) is 6.33. The van der Waals surface area contributed by atoms with Crippen LogP contribution in [-0.2, 0) is 6.54 Å². The van der Waals surface area contributed by atoms with Gasteiger partial charge in [-0.05, 0) is 29.8 Å². The third-order valence-corrected chi connectivity index (χ3v) is 3.38. The van der Waals surface area contributed by atoms with Crippen molar-refractivity contribution in [2.45, 2.75) is 6.54 Å². The number of aliphatic imine (C=N–C) groups is 1. The molecule has 0 saturated heterocycles. The van der Waals surface area contributed by atoms with Gasteiger partial charge in [0.1, 0.15) is 5.82 Å². The van der Waals surface area contributed by atoms with Crippen molar-refractivity contribution in [2.24, 2.45) is 15.8 Å². The molecule has 0 aliphatic heterocycles. The minimum Gasteiger partial charge on any atom is -0.369 e. The standard InChI is InChI=1S/C15H13Cl2FN4/c16-13-2-1-3-14(17)12(13)9-21-22-15(19)20-8-10-4-6-11(18)7-5-10/h1-7,9H,8H2,(H3,19,20,22). The molecule has 2 aromatic rings. The largest absolute Gasteiger partial charge is 0.369 e. The van der Waals surface area contributed by atoms with Crippen LogP contribution in [0.5, 0.6) is 0 Å². The first-order valence-corrected chi connectivity index (χ1v) is 7.09. The van der Waals surface area contributed by atoms with Crippen molar-refractivity contribution in [3.05, 3.63) is 69.5 Å². The lowest BCUT2D eigenvalue weighted by atomic mass is 10.2. The molecule has 0 aromatic heterocycles. The smallest absolute Gasteiger partial charge is 0.209 e. The molecule has 4 nitrogen and oxygen atoms in total. The minimum absolute atomic E-state index is 0.128. The Labute approximate surface area is 137 Å². The molecule has 0 heterocycles. The van der Waals surface area contributed by atoms with E-state index in [0.717, 1.165) is 5.56 Å². The lowest BCUT2D eigenvalue weighted by Gasteiger charge is -2.02. The van der Waals surface area contributed by atoms with Crippen LogP contribution in [0.4, 0.5) is 4.39 Å². The average Bonchev–Trinajstić information content (AvgIpc) is 2.50. The van der Waals surface area contributed by atoms with E-state index in [-0.39, 0.29) is 11.8 Å². The third kappa shape index (κ3) is 4.72. The number of benzene rings is 2. The molecule has 0 fully saturated rings. The minimum atomic E-state index is -0.292. The summed E-state index contributed by atoms with van der Waals surface area (Å²) in [7, 11) is 0. The number of rotatable bonds is 4. The summed E-state index contributed by atoms with van der Waals surface area (Å²) in [4.78, 5) is 4.08. The molecular weight excluding hydrogens is 326 g/mol. The predicted octanol–water partition coefficient (Wildman–Crippen LogP) is 3.57. The fourth-order valence-corrected chi connectivity index (χ4v) is 2.09. The van der Waals surface area contributed by atoms with Crippen LogP contribution < -0.4 is 11.2 Å². The van der Waals surface area contributed by atoms with Gasteiger partial charge < -0.3 is 5.73 Å². The zero-order chi connectivity index (χ0) is 15.9. The summed E-state index contributed by atoms with van der Waals surface area (Å²) in [6.07, 6.45) is 1.46. The van der Waals surface area contributed by atoms with Crippen LogP contribution in [0.2, 0.25) is 10.0 Å². The lowest BCUT2D eigenvalue weighted by molar-refractivity contribution is 0.627. The topological polar surface area (TPSA) is 62.8 Å². The highest BCUT2D eigenvalue weighted by atomic mass is 35.5. The second kappa shape index (κ2) is 7.77. The van der Waals surface area contributed by atoms with Crippen molar-refractivity contribution in [3.8, 4) is 0 Å². The van der Waals surface area contributed by atoms with E-state index in [1.165, 1.54) is 18.3 Å². The van der Waals surface area contributed by atoms with Crippen LogP contribution in [0, 0.1) is 5.82 Å². The maximum absolute atomic E-state index is 12.8. The zero-order valence-electron chi connectivity index (χ0n) is 11.4. The van der Waals surface area contributed by atoms with E-state index in [1.54, 1.807) is 30.3 Å². The highest BCUT2D eigenvalue weighted by Gasteiger charge is 2.01. The summed E-state index contributed by atoms with van der Waals surface area (Å²) in [5.74, 6) is -0.163. The Morgan fingerprint density at radius 1 is 1.14 bits per heavy atom. The van der Waals surface area contributed by atoms with E-state index in [9.17, 15) is 4.39 Å². The third-order valence-electron chi connectivity index (χ3n) is 2.72. The summed E-state index contributed by atoms with van der Waals surface area (Å²) >= 11 is 12.0. The van der Waals surface area contributed by atoms with Gasteiger partial charge in [-0.3, -0.25) is 0 Å². The van der Waals surface area contributed by atoms with Crippen LogP contribution in [0.25, 0.3) is 0 Å². The van der Waals surface area contributed by atoms with Crippen molar-refractivity contribution in [1.29, 1.82) is 0 Å². The number of hydrogen-bond donors (Lipinski definition) is 2. The van der Waals surface area contributed by atoms with Gasteiger partial charge in [0.25, 0.3) is 0 Å². The molecule has 0 saturated carbocycles. The second-order valence-corrected chi connectivity index (χ2v) is 5.15. The molecule has 0 atom stereocenters. The van der Waals surface area contributed by atoms with Gasteiger partial charge in [0, 0.05) is 5.56 Å². The molecule has 2 rings (SSSR count). The molecule has 3 N–H and O–H groups in total. The van der Waals surface area contributed by atoms with Gasteiger partial charge in [0.2, 0.25) is 5.96 Å². The summed E-state index contributed by atoms with van der Waals surface area (Å²) < 4.78 is 12.8. The second-order valence-electron chi connectivity index (χ2n) is 4.33.